The monoisotopic (exact) mass is 527 g/mol. The Morgan fingerprint density at radius 3 is 2.25 bits per heavy atom. The fraction of sp³-hybridized carbons (Fsp3) is 0.152. The van der Waals surface area contributed by atoms with Crippen molar-refractivity contribution in [1.82, 2.24) is 14.1 Å². The Kier molecular flexibility index (Phi) is 6.06. The summed E-state index contributed by atoms with van der Waals surface area (Å²) in [6, 6.07) is 32.3. The number of hydrogen-bond acceptors (Lipinski definition) is 4. The lowest BCUT2D eigenvalue weighted by Gasteiger charge is -2.31. The summed E-state index contributed by atoms with van der Waals surface area (Å²) in [6.45, 7) is 1.65. The summed E-state index contributed by atoms with van der Waals surface area (Å²) < 4.78 is 4.24. The maximum atomic E-state index is 12.9. The number of para-hydroxylation sites is 1. The number of fused-ring (bicyclic) bond motifs is 2. The minimum absolute atomic E-state index is 0.160. The van der Waals surface area contributed by atoms with Gasteiger partial charge in [0.15, 0.2) is 0 Å². The Labute approximate surface area is 231 Å². The van der Waals surface area contributed by atoms with Gasteiger partial charge in [0.2, 0.25) is 0 Å². The zero-order chi connectivity index (χ0) is 27.1. The van der Waals surface area contributed by atoms with Gasteiger partial charge in [0, 0.05) is 47.6 Å². The SMILES string of the molecule is O=C(Nc1ccc2c(c1)ncn2-c1ccc(-n2ccc3ccccc32)cc1)c1ccc(N2CCC(O)CC2)cc1. The number of benzene rings is 4. The summed E-state index contributed by atoms with van der Waals surface area (Å²) in [5.74, 6) is -0.160. The molecule has 0 bridgehead atoms. The van der Waals surface area contributed by atoms with Crippen LogP contribution in [0.25, 0.3) is 33.3 Å². The first-order valence-electron chi connectivity index (χ1n) is 13.6. The highest BCUT2D eigenvalue weighted by Crippen LogP contribution is 2.25. The van der Waals surface area contributed by atoms with E-state index in [9.17, 15) is 9.90 Å². The summed E-state index contributed by atoms with van der Waals surface area (Å²) >= 11 is 0. The lowest BCUT2D eigenvalue weighted by Crippen LogP contribution is -2.35. The number of anilines is 2. The van der Waals surface area contributed by atoms with Crippen molar-refractivity contribution in [2.75, 3.05) is 23.3 Å². The molecule has 6 aromatic rings. The van der Waals surface area contributed by atoms with E-state index in [0.717, 1.165) is 54.0 Å². The molecule has 7 heteroatoms. The third kappa shape index (κ3) is 4.50. The van der Waals surface area contributed by atoms with Crippen molar-refractivity contribution in [3.63, 3.8) is 0 Å². The minimum atomic E-state index is -0.207. The minimum Gasteiger partial charge on any atom is -0.393 e. The Bertz CT molecular complexity index is 1810. The first kappa shape index (κ1) is 24.2. The van der Waals surface area contributed by atoms with Gasteiger partial charge in [0.05, 0.1) is 22.7 Å². The average molecular weight is 528 g/mol. The third-order valence-corrected chi connectivity index (χ3v) is 7.77. The van der Waals surface area contributed by atoms with Crippen molar-refractivity contribution in [2.45, 2.75) is 18.9 Å². The molecule has 2 aromatic heterocycles. The van der Waals surface area contributed by atoms with Gasteiger partial charge < -0.3 is 19.9 Å². The maximum absolute atomic E-state index is 12.9. The molecule has 7 rings (SSSR count). The smallest absolute Gasteiger partial charge is 0.255 e. The van der Waals surface area contributed by atoms with Crippen LogP contribution in [0.5, 0.6) is 0 Å². The molecule has 0 spiro atoms. The van der Waals surface area contributed by atoms with Crippen LogP contribution in [0.1, 0.15) is 23.2 Å². The fourth-order valence-electron chi connectivity index (χ4n) is 5.53. The number of aliphatic hydroxyl groups excluding tert-OH is 1. The predicted octanol–water partition coefficient (Wildman–Crippen LogP) is 6.18. The Morgan fingerprint density at radius 2 is 1.48 bits per heavy atom. The van der Waals surface area contributed by atoms with E-state index in [1.165, 1.54) is 10.9 Å². The fourth-order valence-corrected chi connectivity index (χ4v) is 5.53. The number of carbonyl (C=O) groups excluding carboxylic acids is 1. The van der Waals surface area contributed by atoms with E-state index in [-0.39, 0.29) is 12.0 Å². The van der Waals surface area contributed by atoms with Crippen molar-refractivity contribution in [3.8, 4) is 11.4 Å². The van der Waals surface area contributed by atoms with Crippen LogP contribution >= 0.6 is 0 Å². The summed E-state index contributed by atoms with van der Waals surface area (Å²) in [5.41, 5.74) is 7.44. The van der Waals surface area contributed by atoms with E-state index < -0.39 is 0 Å². The standard InChI is InChI=1S/C33H29N5O2/c39-29-16-18-36(19-17-29)26-8-5-24(6-9-26)33(40)35-25-7-14-32-30(21-25)34-22-38(32)28-12-10-27(11-13-28)37-20-15-23-3-1-2-4-31(23)37/h1-15,20-22,29,39H,16-19H2,(H,35,40). The average Bonchev–Trinajstić information content (AvgIpc) is 3.62. The number of nitrogens with one attached hydrogen (secondary N) is 1. The van der Waals surface area contributed by atoms with Gasteiger partial charge in [-0.25, -0.2) is 4.98 Å². The molecule has 40 heavy (non-hydrogen) atoms. The van der Waals surface area contributed by atoms with Crippen LogP contribution in [-0.2, 0) is 0 Å². The van der Waals surface area contributed by atoms with Crippen LogP contribution in [0.2, 0.25) is 0 Å². The van der Waals surface area contributed by atoms with Gasteiger partial charge in [0.25, 0.3) is 5.91 Å². The van der Waals surface area contributed by atoms with Gasteiger partial charge in [0.1, 0.15) is 6.33 Å². The second kappa shape index (κ2) is 10.0. The topological polar surface area (TPSA) is 75.3 Å². The molecule has 1 saturated heterocycles. The van der Waals surface area contributed by atoms with E-state index >= 15 is 0 Å². The number of amides is 1. The zero-order valence-corrected chi connectivity index (χ0v) is 21.9. The second-order valence-corrected chi connectivity index (χ2v) is 10.3. The van der Waals surface area contributed by atoms with Crippen molar-refractivity contribution < 1.29 is 9.90 Å². The summed E-state index contributed by atoms with van der Waals surface area (Å²) in [7, 11) is 0. The normalized spacial score (nSPS) is 14.2. The molecule has 2 N–H and O–H groups in total. The summed E-state index contributed by atoms with van der Waals surface area (Å²) in [5, 5.41) is 14.0. The molecule has 1 amide bonds. The van der Waals surface area contributed by atoms with Crippen molar-refractivity contribution >= 4 is 39.2 Å². The van der Waals surface area contributed by atoms with Crippen LogP contribution in [0.15, 0.2) is 110 Å². The molecule has 0 aliphatic carbocycles. The van der Waals surface area contributed by atoms with Gasteiger partial charge in [-0.05, 0) is 97.1 Å². The van der Waals surface area contributed by atoms with E-state index in [0.29, 0.717) is 11.3 Å². The largest absolute Gasteiger partial charge is 0.393 e. The highest BCUT2D eigenvalue weighted by atomic mass is 16.3. The van der Waals surface area contributed by atoms with Crippen molar-refractivity contribution in [1.29, 1.82) is 0 Å². The molecule has 0 saturated carbocycles. The number of hydrogen-bond donors (Lipinski definition) is 2. The number of piperidine rings is 1. The van der Waals surface area contributed by atoms with Gasteiger partial charge in [-0.2, -0.15) is 0 Å². The van der Waals surface area contributed by atoms with Crippen molar-refractivity contribution in [2.24, 2.45) is 0 Å². The lowest BCUT2D eigenvalue weighted by molar-refractivity contribution is 0.102. The molecule has 0 unspecified atom stereocenters. The van der Waals surface area contributed by atoms with Crippen LogP contribution < -0.4 is 10.2 Å². The molecular formula is C33H29N5O2. The molecule has 198 valence electrons. The molecular weight excluding hydrogens is 498 g/mol. The number of carbonyl (C=O) groups is 1. The predicted molar refractivity (Wildman–Crippen MR) is 160 cm³/mol. The number of imidazole rings is 1. The van der Waals surface area contributed by atoms with Crippen LogP contribution in [-0.4, -0.2) is 44.3 Å². The van der Waals surface area contributed by atoms with E-state index in [4.69, 9.17) is 0 Å². The number of aromatic nitrogens is 3. The number of rotatable bonds is 5. The molecule has 1 aliphatic heterocycles. The van der Waals surface area contributed by atoms with Gasteiger partial charge in [-0.3, -0.25) is 9.36 Å². The lowest BCUT2D eigenvalue weighted by atomic mass is 10.1. The number of aliphatic hydroxyl groups is 1. The van der Waals surface area contributed by atoms with E-state index in [2.05, 4.69) is 85.1 Å². The first-order valence-corrected chi connectivity index (χ1v) is 13.6. The van der Waals surface area contributed by atoms with Gasteiger partial charge in [-0.15, -0.1) is 0 Å². The molecule has 4 aromatic carbocycles. The highest BCUT2D eigenvalue weighted by Gasteiger charge is 2.18. The molecule has 0 atom stereocenters. The van der Waals surface area contributed by atoms with E-state index in [1.807, 2.05) is 48.8 Å². The molecule has 3 heterocycles. The maximum Gasteiger partial charge on any atom is 0.255 e. The second-order valence-electron chi connectivity index (χ2n) is 10.3. The van der Waals surface area contributed by atoms with Gasteiger partial charge >= 0.3 is 0 Å². The third-order valence-electron chi connectivity index (χ3n) is 7.77. The quantitative estimate of drug-likeness (QED) is 0.281. The van der Waals surface area contributed by atoms with E-state index in [1.54, 1.807) is 0 Å². The Balaban J connectivity index is 1.06. The van der Waals surface area contributed by atoms with Crippen molar-refractivity contribution in [3.05, 3.63) is 115 Å². The van der Waals surface area contributed by atoms with Crippen LogP contribution in [0, 0.1) is 0 Å². The Hall–Kier alpha value is -4.88. The first-order chi connectivity index (χ1) is 19.6. The molecule has 1 fully saturated rings. The summed E-state index contributed by atoms with van der Waals surface area (Å²) in [4.78, 5) is 19.8. The Morgan fingerprint density at radius 1 is 0.775 bits per heavy atom. The zero-order valence-electron chi connectivity index (χ0n) is 21.9. The molecule has 1 aliphatic rings. The van der Waals surface area contributed by atoms with Crippen LogP contribution in [0.3, 0.4) is 0 Å². The van der Waals surface area contributed by atoms with Gasteiger partial charge in [-0.1, -0.05) is 18.2 Å². The highest BCUT2D eigenvalue weighted by molar-refractivity contribution is 6.05. The van der Waals surface area contributed by atoms with Crippen LogP contribution in [0.4, 0.5) is 11.4 Å². The molecule has 7 nitrogen and oxygen atoms in total. The molecule has 0 radical (unpaired) electrons. The number of nitrogens with zero attached hydrogens (tertiary/aromatic N) is 4. The summed E-state index contributed by atoms with van der Waals surface area (Å²) in [6.07, 6.45) is 5.25.